The lowest BCUT2D eigenvalue weighted by molar-refractivity contribution is -0.346. The molecule has 3 aliphatic rings. The highest BCUT2D eigenvalue weighted by atomic mass is 16.8. The Morgan fingerprint density at radius 3 is 2.76 bits per heavy atom. The van der Waals surface area contributed by atoms with Gasteiger partial charge in [0.05, 0.1) is 25.4 Å². The van der Waals surface area contributed by atoms with Gasteiger partial charge in [0.1, 0.15) is 0 Å². The third kappa shape index (κ3) is 3.46. The topological polar surface area (TPSA) is 57.3 Å². The second-order valence-electron chi connectivity index (χ2n) is 7.36. The van der Waals surface area contributed by atoms with Crippen molar-refractivity contribution >= 4 is 5.97 Å². The van der Waals surface area contributed by atoms with Crippen LogP contribution in [0.2, 0.25) is 0 Å². The predicted molar refractivity (Wildman–Crippen MR) is 93.8 cm³/mol. The first-order valence-corrected chi connectivity index (χ1v) is 9.02. The van der Waals surface area contributed by atoms with Crippen LogP contribution in [0.25, 0.3) is 0 Å². The monoisotopic (exact) mass is 348 g/mol. The molecule has 2 saturated heterocycles. The standard InChI is InChI=1S/C20H28O5/c1-6-22-17(21)8-7-13(2)11-14(3)18-15(4)16-9-10-20(12-23-20)19(5,24-16)25-18/h7-11,14-16,18H,6,12H2,1-5H3/b8-7+,13-11+/t14-,15-,16+,18+,19+,20+/m1/s1. The van der Waals surface area contributed by atoms with Crippen LogP contribution in [0.5, 0.6) is 0 Å². The average molecular weight is 348 g/mol. The maximum absolute atomic E-state index is 11.4. The Morgan fingerprint density at radius 1 is 1.40 bits per heavy atom. The maximum Gasteiger partial charge on any atom is 0.330 e. The van der Waals surface area contributed by atoms with Gasteiger partial charge in [-0.3, -0.25) is 0 Å². The van der Waals surface area contributed by atoms with Gasteiger partial charge in [-0.15, -0.1) is 0 Å². The Balaban J connectivity index is 1.71. The van der Waals surface area contributed by atoms with Gasteiger partial charge in [0, 0.05) is 17.9 Å². The molecule has 0 aromatic heterocycles. The fraction of sp³-hybridized carbons (Fsp3) is 0.650. The highest BCUT2D eigenvalue weighted by molar-refractivity contribution is 5.82. The zero-order valence-corrected chi connectivity index (χ0v) is 15.7. The highest BCUT2D eigenvalue weighted by Gasteiger charge is 2.65. The van der Waals surface area contributed by atoms with Crippen LogP contribution < -0.4 is 0 Å². The molecule has 2 fully saturated rings. The van der Waals surface area contributed by atoms with Crippen LogP contribution in [-0.4, -0.2) is 42.8 Å². The summed E-state index contributed by atoms with van der Waals surface area (Å²) in [6.45, 7) is 11.1. The van der Waals surface area contributed by atoms with Crippen LogP contribution in [0.1, 0.15) is 34.6 Å². The van der Waals surface area contributed by atoms with Crippen LogP contribution in [-0.2, 0) is 23.7 Å². The van der Waals surface area contributed by atoms with E-state index in [-0.39, 0.29) is 30.0 Å². The van der Waals surface area contributed by atoms with Crippen LogP contribution in [0, 0.1) is 11.8 Å². The molecule has 0 N–H and O–H groups in total. The Morgan fingerprint density at radius 2 is 2.12 bits per heavy atom. The van der Waals surface area contributed by atoms with Crippen molar-refractivity contribution in [2.24, 2.45) is 11.8 Å². The van der Waals surface area contributed by atoms with Gasteiger partial charge in [0.2, 0.25) is 5.79 Å². The first kappa shape index (κ1) is 18.4. The molecule has 138 valence electrons. The van der Waals surface area contributed by atoms with Gasteiger partial charge >= 0.3 is 5.97 Å². The van der Waals surface area contributed by atoms with E-state index in [0.717, 1.165) is 5.57 Å². The summed E-state index contributed by atoms with van der Waals surface area (Å²) in [6.07, 6.45) is 9.63. The first-order valence-electron chi connectivity index (χ1n) is 9.02. The number of carbonyl (C=O) groups excluding carboxylic acids is 1. The summed E-state index contributed by atoms with van der Waals surface area (Å²) in [6, 6.07) is 0. The molecule has 0 aliphatic carbocycles. The normalized spacial score (nSPS) is 41.2. The van der Waals surface area contributed by atoms with Crippen LogP contribution in [0.3, 0.4) is 0 Å². The second kappa shape index (κ2) is 6.71. The van der Waals surface area contributed by atoms with Crippen LogP contribution >= 0.6 is 0 Å². The number of carbonyl (C=O) groups is 1. The zero-order valence-electron chi connectivity index (χ0n) is 15.7. The molecule has 3 rings (SSSR count). The van der Waals surface area contributed by atoms with E-state index >= 15 is 0 Å². The molecular formula is C20H28O5. The summed E-state index contributed by atoms with van der Waals surface area (Å²) >= 11 is 0. The number of allylic oxidation sites excluding steroid dienone is 2. The average Bonchev–Trinajstić information content (AvgIpc) is 3.34. The largest absolute Gasteiger partial charge is 0.463 e. The molecule has 6 atom stereocenters. The molecule has 5 heteroatoms. The molecule has 0 aromatic carbocycles. The fourth-order valence-corrected chi connectivity index (χ4v) is 3.74. The number of hydrogen-bond acceptors (Lipinski definition) is 5. The lowest BCUT2D eigenvalue weighted by Crippen LogP contribution is -2.61. The molecule has 5 nitrogen and oxygen atoms in total. The van der Waals surface area contributed by atoms with E-state index in [1.807, 2.05) is 13.8 Å². The van der Waals surface area contributed by atoms with Crippen molar-refractivity contribution in [2.45, 2.75) is 58.2 Å². The molecular weight excluding hydrogens is 320 g/mol. The molecule has 2 bridgehead atoms. The highest BCUT2D eigenvalue weighted by Crippen LogP contribution is 2.51. The summed E-state index contributed by atoms with van der Waals surface area (Å²) in [7, 11) is 0. The summed E-state index contributed by atoms with van der Waals surface area (Å²) in [5.41, 5.74) is 0.579. The van der Waals surface area contributed by atoms with Crippen molar-refractivity contribution in [3.63, 3.8) is 0 Å². The minimum atomic E-state index is -0.736. The van der Waals surface area contributed by atoms with E-state index in [0.29, 0.717) is 13.2 Å². The van der Waals surface area contributed by atoms with Crippen molar-refractivity contribution in [1.29, 1.82) is 0 Å². The molecule has 0 amide bonds. The Hall–Kier alpha value is -1.43. The molecule has 0 unspecified atom stereocenters. The molecule has 0 aromatic rings. The number of hydrogen-bond donors (Lipinski definition) is 0. The van der Waals surface area contributed by atoms with Crippen LogP contribution in [0.4, 0.5) is 0 Å². The molecule has 0 radical (unpaired) electrons. The Bertz CT molecular complexity index is 616. The number of ether oxygens (including phenoxy) is 4. The molecule has 3 aliphatic heterocycles. The van der Waals surface area contributed by atoms with E-state index in [9.17, 15) is 4.79 Å². The molecule has 3 heterocycles. The number of esters is 1. The fourth-order valence-electron chi connectivity index (χ4n) is 3.74. The summed E-state index contributed by atoms with van der Waals surface area (Å²) in [4.78, 5) is 11.4. The minimum Gasteiger partial charge on any atom is -0.463 e. The van der Waals surface area contributed by atoms with Gasteiger partial charge in [0.15, 0.2) is 5.60 Å². The van der Waals surface area contributed by atoms with Gasteiger partial charge in [0.25, 0.3) is 0 Å². The molecule has 25 heavy (non-hydrogen) atoms. The zero-order chi connectivity index (χ0) is 18.2. The van der Waals surface area contributed by atoms with E-state index in [1.54, 1.807) is 13.0 Å². The minimum absolute atomic E-state index is 0.0146. The second-order valence-corrected chi connectivity index (χ2v) is 7.36. The lowest BCUT2D eigenvalue weighted by atomic mass is 9.82. The third-order valence-electron chi connectivity index (χ3n) is 5.35. The SMILES string of the molecule is CCOC(=O)/C=C/C(C)=C/[C@@H](C)[C@@H]1O[C@]2(C)O[C@@H](C=C[C@]23CO3)[C@H]1C. The van der Waals surface area contributed by atoms with E-state index < -0.39 is 11.4 Å². The number of rotatable bonds is 5. The van der Waals surface area contributed by atoms with E-state index in [4.69, 9.17) is 18.9 Å². The van der Waals surface area contributed by atoms with Gasteiger partial charge in [-0.1, -0.05) is 37.6 Å². The Labute approximate surface area is 149 Å². The number of epoxide rings is 1. The molecule has 0 saturated carbocycles. The van der Waals surface area contributed by atoms with Gasteiger partial charge in [-0.25, -0.2) is 4.79 Å². The first-order chi connectivity index (χ1) is 11.8. The molecule has 1 spiro atoms. The van der Waals surface area contributed by atoms with Crippen LogP contribution in [0.15, 0.2) is 36.0 Å². The maximum atomic E-state index is 11.4. The van der Waals surface area contributed by atoms with Gasteiger partial charge < -0.3 is 18.9 Å². The summed E-state index contributed by atoms with van der Waals surface area (Å²) in [5, 5.41) is 0. The van der Waals surface area contributed by atoms with Gasteiger partial charge in [-0.2, -0.15) is 0 Å². The van der Waals surface area contributed by atoms with E-state index in [2.05, 4.69) is 32.1 Å². The lowest BCUT2D eigenvalue weighted by Gasteiger charge is -2.51. The third-order valence-corrected chi connectivity index (χ3v) is 5.35. The van der Waals surface area contributed by atoms with Gasteiger partial charge in [-0.05, 0) is 26.8 Å². The van der Waals surface area contributed by atoms with Crippen molar-refractivity contribution in [3.8, 4) is 0 Å². The van der Waals surface area contributed by atoms with Crippen molar-refractivity contribution < 1.29 is 23.7 Å². The smallest absolute Gasteiger partial charge is 0.330 e. The van der Waals surface area contributed by atoms with Crippen molar-refractivity contribution in [2.75, 3.05) is 13.2 Å². The summed E-state index contributed by atoms with van der Waals surface area (Å²) < 4.78 is 23.1. The quantitative estimate of drug-likeness (QED) is 0.251. The number of fused-ring (bicyclic) bond motifs is 3. The Kier molecular flexibility index (Phi) is 4.93. The predicted octanol–water partition coefficient (Wildman–Crippen LogP) is 3.16. The summed E-state index contributed by atoms with van der Waals surface area (Å²) in [5.74, 6) is -0.651. The van der Waals surface area contributed by atoms with Crippen molar-refractivity contribution in [1.82, 2.24) is 0 Å². The van der Waals surface area contributed by atoms with E-state index in [1.165, 1.54) is 6.08 Å². The van der Waals surface area contributed by atoms with Crippen molar-refractivity contribution in [3.05, 3.63) is 36.0 Å².